The third-order valence-electron chi connectivity index (χ3n) is 2.40. The Morgan fingerprint density at radius 3 is 2.67 bits per heavy atom. The van der Waals surface area contributed by atoms with E-state index in [1.165, 1.54) is 6.92 Å². The molecule has 0 saturated heterocycles. The highest BCUT2D eigenvalue weighted by molar-refractivity contribution is 5.91. The minimum absolute atomic E-state index is 0.0835. The fraction of sp³-hybridized carbons (Fsp3) is 0.778. The second-order valence-corrected chi connectivity index (χ2v) is 3.22. The van der Waals surface area contributed by atoms with Crippen molar-refractivity contribution in [1.29, 1.82) is 0 Å². The molecule has 0 N–H and O–H groups in total. The van der Waals surface area contributed by atoms with E-state index in [9.17, 15) is 9.59 Å². The summed E-state index contributed by atoms with van der Waals surface area (Å²) in [6, 6.07) is 0. The molecule has 1 rings (SSSR count). The summed E-state index contributed by atoms with van der Waals surface area (Å²) in [5, 5.41) is 0. The molecule has 1 unspecified atom stereocenters. The number of ether oxygens (including phenoxy) is 1. The quantitative estimate of drug-likeness (QED) is 0.589. The first-order valence-corrected chi connectivity index (χ1v) is 4.33. The van der Waals surface area contributed by atoms with Crippen molar-refractivity contribution in [2.24, 2.45) is 0 Å². The highest BCUT2D eigenvalue weighted by Crippen LogP contribution is 2.32. The molecule has 0 radical (unpaired) electrons. The van der Waals surface area contributed by atoms with Gasteiger partial charge in [-0.3, -0.25) is 9.59 Å². The van der Waals surface area contributed by atoms with Crippen LogP contribution in [0.3, 0.4) is 0 Å². The monoisotopic (exact) mass is 170 g/mol. The number of Topliss-reactive ketones (excluding diaryl/α,β-unsaturated/α-hetero) is 1. The molecule has 68 valence electrons. The van der Waals surface area contributed by atoms with E-state index in [1.807, 2.05) is 6.92 Å². The van der Waals surface area contributed by atoms with Crippen LogP contribution in [0.5, 0.6) is 0 Å². The maximum Gasteiger partial charge on any atom is 0.303 e. The molecule has 0 heterocycles. The highest BCUT2D eigenvalue weighted by Gasteiger charge is 2.43. The molecule has 0 aromatic carbocycles. The Balaban J connectivity index is 2.74. The van der Waals surface area contributed by atoms with E-state index in [0.29, 0.717) is 19.3 Å². The zero-order chi connectivity index (χ0) is 9.19. The van der Waals surface area contributed by atoms with Crippen LogP contribution in [0.1, 0.15) is 39.5 Å². The Kier molecular flexibility index (Phi) is 2.50. The zero-order valence-electron chi connectivity index (χ0n) is 7.55. The van der Waals surface area contributed by atoms with E-state index < -0.39 is 5.60 Å². The molecule has 1 atom stereocenters. The number of rotatable bonds is 2. The number of carbonyl (C=O) groups excluding carboxylic acids is 2. The third kappa shape index (κ3) is 1.49. The predicted molar refractivity (Wildman–Crippen MR) is 43.6 cm³/mol. The topological polar surface area (TPSA) is 43.4 Å². The fourth-order valence-corrected chi connectivity index (χ4v) is 1.73. The molecule has 0 aliphatic heterocycles. The van der Waals surface area contributed by atoms with Gasteiger partial charge in [0.2, 0.25) is 0 Å². The van der Waals surface area contributed by atoms with Gasteiger partial charge in [0.05, 0.1) is 0 Å². The Morgan fingerprint density at radius 1 is 1.67 bits per heavy atom. The Morgan fingerprint density at radius 2 is 2.33 bits per heavy atom. The first-order chi connectivity index (χ1) is 5.60. The Bertz CT molecular complexity index is 210. The van der Waals surface area contributed by atoms with Crippen LogP contribution < -0.4 is 0 Å². The van der Waals surface area contributed by atoms with Gasteiger partial charge in [0.1, 0.15) is 0 Å². The molecule has 1 fully saturated rings. The summed E-state index contributed by atoms with van der Waals surface area (Å²) in [6.45, 7) is 3.23. The first kappa shape index (κ1) is 9.23. The van der Waals surface area contributed by atoms with Gasteiger partial charge >= 0.3 is 5.97 Å². The van der Waals surface area contributed by atoms with Gasteiger partial charge in [-0.15, -0.1) is 0 Å². The Hall–Kier alpha value is -0.860. The molecule has 0 aromatic rings. The smallest absolute Gasteiger partial charge is 0.303 e. The second-order valence-electron chi connectivity index (χ2n) is 3.22. The number of carbonyl (C=O) groups is 2. The summed E-state index contributed by atoms with van der Waals surface area (Å²) in [4.78, 5) is 22.1. The largest absolute Gasteiger partial charge is 0.451 e. The summed E-state index contributed by atoms with van der Waals surface area (Å²) in [5.74, 6) is -0.271. The molecular formula is C9H14O3. The van der Waals surface area contributed by atoms with Crippen LogP contribution in [0.2, 0.25) is 0 Å². The van der Waals surface area contributed by atoms with Gasteiger partial charge in [0.15, 0.2) is 11.4 Å². The lowest BCUT2D eigenvalue weighted by molar-refractivity contribution is -0.163. The summed E-state index contributed by atoms with van der Waals surface area (Å²) in [7, 11) is 0. The molecule has 3 nitrogen and oxygen atoms in total. The van der Waals surface area contributed by atoms with Crippen LogP contribution in [-0.4, -0.2) is 17.4 Å². The molecule has 0 spiro atoms. The van der Waals surface area contributed by atoms with Crippen LogP contribution in [-0.2, 0) is 14.3 Å². The summed E-state index contributed by atoms with van der Waals surface area (Å²) in [6.07, 6.45) is 2.70. The minimum Gasteiger partial charge on any atom is -0.451 e. The van der Waals surface area contributed by atoms with Gasteiger partial charge in [-0.25, -0.2) is 0 Å². The molecule has 0 amide bonds. The van der Waals surface area contributed by atoms with Crippen LogP contribution in [0.4, 0.5) is 0 Å². The minimum atomic E-state index is -0.772. The van der Waals surface area contributed by atoms with E-state index in [-0.39, 0.29) is 11.8 Å². The van der Waals surface area contributed by atoms with E-state index in [2.05, 4.69) is 0 Å². The molecule has 0 aromatic heterocycles. The fourth-order valence-electron chi connectivity index (χ4n) is 1.73. The summed E-state index contributed by atoms with van der Waals surface area (Å²) >= 11 is 0. The third-order valence-corrected chi connectivity index (χ3v) is 2.40. The molecular weight excluding hydrogens is 156 g/mol. The molecule has 3 heteroatoms. The van der Waals surface area contributed by atoms with Crippen molar-refractivity contribution in [3.63, 3.8) is 0 Å². The predicted octanol–water partition coefficient (Wildman–Crippen LogP) is 1.45. The summed E-state index contributed by atoms with van der Waals surface area (Å²) < 4.78 is 5.07. The van der Waals surface area contributed by atoms with Gasteiger partial charge in [-0.05, 0) is 19.3 Å². The van der Waals surface area contributed by atoms with E-state index in [0.717, 1.165) is 6.42 Å². The van der Waals surface area contributed by atoms with Crippen LogP contribution in [0, 0.1) is 0 Å². The average Bonchev–Trinajstić information content (AvgIpc) is 2.32. The van der Waals surface area contributed by atoms with E-state index in [1.54, 1.807) is 0 Å². The van der Waals surface area contributed by atoms with Crippen molar-refractivity contribution in [3.8, 4) is 0 Å². The van der Waals surface area contributed by atoms with Gasteiger partial charge in [-0.2, -0.15) is 0 Å². The van der Waals surface area contributed by atoms with Crippen molar-refractivity contribution >= 4 is 11.8 Å². The SMILES string of the molecule is CCC1(OC(C)=O)CCCC1=O. The maximum atomic E-state index is 11.4. The molecule has 1 aliphatic carbocycles. The van der Waals surface area contributed by atoms with Gasteiger partial charge in [0.25, 0.3) is 0 Å². The van der Waals surface area contributed by atoms with Crippen molar-refractivity contribution < 1.29 is 14.3 Å². The zero-order valence-corrected chi connectivity index (χ0v) is 7.55. The number of hydrogen-bond donors (Lipinski definition) is 0. The van der Waals surface area contributed by atoms with E-state index >= 15 is 0 Å². The lowest BCUT2D eigenvalue weighted by atomic mass is 9.98. The first-order valence-electron chi connectivity index (χ1n) is 4.33. The molecule has 1 aliphatic rings. The van der Waals surface area contributed by atoms with Crippen molar-refractivity contribution in [2.75, 3.05) is 0 Å². The van der Waals surface area contributed by atoms with Gasteiger partial charge in [-0.1, -0.05) is 6.92 Å². The second kappa shape index (κ2) is 3.25. The standard InChI is InChI=1S/C9H14O3/c1-3-9(12-7(2)10)6-4-5-8(9)11/h3-6H2,1-2H3. The molecule has 0 bridgehead atoms. The van der Waals surface area contributed by atoms with Crippen molar-refractivity contribution in [2.45, 2.75) is 45.1 Å². The van der Waals surface area contributed by atoms with Crippen LogP contribution in [0.15, 0.2) is 0 Å². The average molecular weight is 170 g/mol. The van der Waals surface area contributed by atoms with Crippen molar-refractivity contribution in [1.82, 2.24) is 0 Å². The normalized spacial score (nSPS) is 29.0. The maximum absolute atomic E-state index is 11.4. The van der Waals surface area contributed by atoms with Crippen LogP contribution >= 0.6 is 0 Å². The highest BCUT2D eigenvalue weighted by atomic mass is 16.6. The van der Waals surface area contributed by atoms with Crippen molar-refractivity contribution in [3.05, 3.63) is 0 Å². The molecule has 1 saturated carbocycles. The Labute approximate surface area is 72.1 Å². The van der Waals surface area contributed by atoms with Gasteiger partial charge < -0.3 is 4.74 Å². The van der Waals surface area contributed by atoms with Crippen LogP contribution in [0.25, 0.3) is 0 Å². The lowest BCUT2D eigenvalue weighted by Gasteiger charge is -2.24. The van der Waals surface area contributed by atoms with Gasteiger partial charge in [0, 0.05) is 13.3 Å². The molecule has 12 heavy (non-hydrogen) atoms. The lowest BCUT2D eigenvalue weighted by Crippen LogP contribution is -2.37. The number of ketones is 1. The van der Waals surface area contributed by atoms with E-state index in [4.69, 9.17) is 4.74 Å². The summed E-state index contributed by atoms with van der Waals surface area (Å²) in [5.41, 5.74) is -0.772. The number of hydrogen-bond acceptors (Lipinski definition) is 3. The number of esters is 1.